The zero-order valence-electron chi connectivity index (χ0n) is 15.5. The Kier molecular flexibility index (Phi) is 5.77. The van der Waals surface area contributed by atoms with Gasteiger partial charge in [-0.25, -0.2) is 23.5 Å². The maximum atomic E-state index is 13.8. The maximum absolute atomic E-state index is 13.8. The highest BCUT2D eigenvalue weighted by atomic mass is 19.1. The third kappa shape index (κ3) is 4.89. The van der Waals surface area contributed by atoms with E-state index in [9.17, 15) is 18.4 Å². The third-order valence-corrected chi connectivity index (χ3v) is 3.83. The fraction of sp³-hybridized carbons (Fsp3) is 0.100. The summed E-state index contributed by atoms with van der Waals surface area (Å²) in [6.45, 7) is 1.60. The summed E-state index contributed by atoms with van der Waals surface area (Å²) >= 11 is 0. The molecule has 0 saturated carbocycles. The standard InChI is InChI=1S/C20H16F2N4O3/c1-11-23-17(19(27)26-16-8-5-13(21)9-15(16)22)10-18(24-11)25-14-6-3-12(4-7-14)20(28)29-2/h3-10H,1-2H3,(H,26,27)(H,23,24,25). The van der Waals surface area contributed by atoms with Crippen LogP contribution in [0.25, 0.3) is 0 Å². The number of nitrogens with zero attached hydrogens (tertiary/aromatic N) is 2. The smallest absolute Gasteiger partial charge is 0.337 e. The summed E-state index contributed by atoms with van der Waals surface area (Å²) in [4.78, 5) is 32.2. The molecule has 0 spiro atoms. The van der Waals surface area contributed by atoms with Crippen LogP contribution in [0.3, 0.4) is 0 Å². The van der Waals surface area contributed by atoms with E-state index < -0.39 is 23.5 Å². The number of aryl methyl sites for hydroxylation is 1. The summed E-state index contributed by atoms with van der Waals surface area (Å²) in [6, 6.07) is 10.7. The van der Waals surface area contributed by atoms with Crippen LogP contribution in [0, 0.1) is 18.6 Å². The first-order chi connectivity index (χ1) is 13.9. The average Bonchev–Trinajstić information content (AvgIpc) is 2.69. The predicted molar refractivity (Wildman–Crippen MR) is 102 cm³/mol. The fourth-order valence-electron chi connectivity index (χ4n) is 2.48. The second-order valence-corrected chi connectivity index (χ2v) is 5.96. The minimum atomic E-state index is -0.895. The van der Waals surface area contributed by atoms with Crippen molar-refractivity contribution in [3.63, 3.8) is 0 Å². The molecule has 7 nitrogen and oxygen atoms in total. The van der Waals surface area contributed by atoms with Gasteiger partial charge in [0.1, 0.15) is 29.0 Å². The van der Waals surface area contributed by atoms with Crippen LogP contribution in [-0.4, -0.2) is 29.0 Å². The quantitative estimate of drug-likeness (QED) is 0.635. The van der Waals surface area contributed by atoms with Gasteiger partial charge in [0.25, 0.3) is 5.91 Å². The number of esters is 1. The highest BCUT2D eigenvalue weighted by molar-refractivity contribution is 6.03. The van der Waals surface area contributed by atoms with Crippen LogP contribution in [0.4, 0.5) is 26.0 Å². The Bertz CT molecular complexity index is 1070. The summed E-state index contributed by atoms with van der Waals surface area (Å²) in [7, 11) is 1.29. The van der Waals surface area contributed by atoms with Crippen molar-refractivity contribution in [1.82, 2.24) is 9.97 Å². The highest BCUT2D eigenvalue weighted by Gasteiger charge is 2.14. The molecule has 1 heterocycles. The zero-order chi connectivity index (χ0) is 21.0. The first-order valence-electron chi connectivity index (χ1n) is 8.43. The molecule has 0 aliphatic carbocycles. The number of carbonyl (C=O) groups excluding carboxylic acids is 2. The first kappa shape index (κ1) is 19.9. The number of rotatable bonds is 5. The number of methoxy groups -OCH3 is 1. The van der Waals surface area contributed by atoms with Gasteiger partial charge in [0.2, 0.25) is 0 Å². The molecule has 1 amide bonds. The molecule has 0 unspecified atom stereocenters. The number of carbonyl (C=O) groups is 2. The molecule has 2 aromatic carbocycles. The van der Waals surface area contributed by atoms with Crippen molar-refractivity contribution in [3.8, 4) is 0 Å². The summed E-state index contributed by atoms with van der Waals surface area (Å²) in [5, 5.41) is 5.35. The van der Waals surface area contributed by atoms with Gasteiger partial charge in [0, 0.05) is 17.8 Å². The van der Waals surface area contributed by atoms with E-state index in [-0.39, 0.29) is 11.4 Å². The number of aromatic nitrogens is 2. The summed E-state index contributed by atoms with van der Waals surface area (Å²) < 4.78 is 31.4. The Morgan fingerprint density at radius 3 is 2.38 bits per heavy atom. The number of hydrogen-bond donors (Lipinski definition) is 2. The van der Waals surface area contributed by atoms with E-state index in [0.717, 1.165) is 12.1 Å². The number of benzene rings is 2. The van der Waals surface area contributed by atoms with Crippen LogP contribution < -0.4 is 10.6 Å². The topological polar surface area (TPSA) is 93.2 Å². The molecule has 1 aromatic heterocycles. The lowest BCUT2D eigenvalue weighted by Crippen LogP contribution is -2.16. The molecule has 0 atom stereocenters. The zero-order valence-corrected chi connectivity index (χ0v) is 15.5. The number of hydrogen-bond acceptors (Lipinski definition) is 6. The van der Waals surface area contributed by atoms with Gasteiger partial charge in [0.15, 0.2) is 0 Å². The van der Waals surface area contributed by atoms with Crippen LogP contribution in [0.1, 0.15) is 26.7 Å². The molecule has 0 radical (unpaired) electrons. The van der Waals surface area contributed by atoms with Crippen molar-refractivity contribution in [2.24, 2.45) is 0 Å². The molecule has 3 aromatic rings. The number of halogens is 2. The highest BCUT2D eigenvalue weighted by Crippen LogP contribution is 2.19. The Hall–Kier alpha value is -3.88. The summed E-state index contributed by atoms with van der Waals surface area (Å²) in [6.07, 6.45) is 0. The van der Waals surface area contributed by atoms with Crippen LogP contribution in [0.5, 0.6) is 0 Å². The minimum Gasteiger partial charge on any atom is -0.465 e. The van der Waals surface area contributed by atoms with E-state index in [0.29, 0.717) is 29.0 Å². The van der Waals surface area contributed by atoms with Gasteiger partial charge >= 0.3 is 5.97 Å². The molecule has 148 valence electrons. The molecule has 2 N–H and O–H groups in total. The Morgan fingerprint density at radius 1 is 1.00 bits per heavy atom. The second kappa shape index (κ2) is 8.42. The third-order valence-electron chi connectivity index (χ3n) is 3.83. The van der Waals surface area contributed by atoms with Gasteiger partial charge in [-0.3, -0.25) is 4.79 Å². The first-order valence-corrected chi connectivity index (χ1v) is 8.43. The van der Waals surface area contributed by atoms with E-state index in [4.69, 9.17) is 0 Å². The minimum absolute atomic E-state index is 0.00472. The predicted octanol–water partition coefficient (Wildman–Crippen LogP) is 3.85. The Morgan fingerprint density at radius 2 is 1.72 bits per heavy atom. The van der Waals surface area contributed by atoms with Gasteiger partial charge in [-0.1, -0.05) is 0 Å². The van der Waals surface area contributed by atoms with E-state index >= 15 is 0 Å². The lowest BCUT2D eigenvalue weighted by atomic mass is 10.2. The van der Waals surface area contributed by atoms with Gasteiger partial charge in [-0.2, -0.15) is 0 Å². The number of amides is 1. The van der Waals surface area contributed by atoms with Crippen molar-refractivity contribution >= 4 is 29.1 Å². The van der Waals surface area contributed by atoms with Crippen molar-refractivity contribution in [2.75, 3.05) is 17.7 Å². The van der Waals surface area contributed by atoms with E-state index in [1.54, 1.807) is 31.2 Å². The van der Waals surface area contributed by atoms with Gasteiger partial charge in [-0.05, 0) is 43.3 Å². The van der Waals surface area contributed by atoms with Gasteiger partial charge < -0.3 is 15.4 Å². The van der Waals surface area contributed by atoms with Crippen molar-refractivity contribution in [3.05, 3.63) is 77.2 Å². The fourth-order valence-corrected chi connectivity index (χ4v) is 2.48. The summed E-state index contributed by atoms with van der Waals surface area (Å²) in [5.41, 5.74) is 0.834. The van der Waals surface area contributed by atoms with Crippen LogP contribution >= 0.6 is 0 Å². The molecule has 9 heteroatoms. The van der Waals surface area contributed by atoms with Crippen LogP contribution in [-0.2, 0) is 4.74 Å². The largest absolute Gasteiger partial charge is 0.465 e. The maximum Gasteiger partial charge on any atom is 0.337 e. The van der Waals surface area contributed by atoms with E-state index in [2.05, 4.69) is 25.3 Å². The molecule has 29 heavy (non-hydrogen) atoms. The molecule has 0 fully saturated rings. The lowest BCUT2D eigenvalue weighted by Gasteiger charge is -2.10. The second-order valence-electron chi connectivity index (χ2n) is 5.96. The molecule has 0 aliphatic heterocycles. The average molecular weight is 398 g/mol. The van der Waals surface area contributed by atoms with Crippen molar-refractivity contribution in [2.45, 2.75) is 6.92 Å². The molecule has 3 rings (SSSR count). The Balaban J connectivity index is 1.78. The van der Waals surface area contributed by atoms with Crippen molar-refractivity contribution < 1.29 is 23.1 Å². The molecule has 0 bridgehead atoms. The van der Waals surface area contributed by atoms with Gasteiger partial charge in [-0.15, -0.1) is 0 Å². The van der Waals surface area contributed by atoms with Crippen molar-refractivity contribution in [1.29, 1.82) is 0 Å². The van der Waals surface area contributed by atoms with Gasteiger partial charge in [0.05, 0.1) is 18.4 Å². The number of ether oxygens (including phenoxy) is 1. The number of nitrogens with one attached hydrogen (secondary N) is 2. The van der Waals surface area contributed by atoms with Crippen LogP contribution in [0.2, 0.25) is 0 Å². The molecular weight excluding hydrogens is 382 g/mol. The van der Waals surface area contributed by atoms with E-state index in [1.807, 2.05) is 0 Å². The molecular formula is C20H16F2N4O3. The monoisotopic (exact) mass is 398 g/mol. The Labute approximate surface area is 164 Å². The molecule has 0 saturated heterocycles. The lowest BCUT2D eigenvalue weighted by molar-refractivity contribution is 0.0600. The van der Waals surface area contributed by atoms with E-state index in [1.165, 1.54) is 13.2 Å². The SMILES string of the molecule is COC(=O)c1ccc(Nc2cc(C(=O)Nc3ccc(F)cc3F)nc(C)n2)cc1. The molecule has 0 aliphatic rings. The summed E-state index contributed by atoms with van der Waals surface area (Å²) in [5.74, 6) is -2.14. The normalized spacial score (nSPS) is 10.3. The number of anilines is 3. The van der Waals surface area contributed by atoms with Crippen LogP contribution in [0.15, 0.2) is 48.5 Å².